The van der Waals surface area contributed by atoms with Gasteiger partial charge in [-0.1, -0.05) is 233 Å². The summed E-state index contributed by atoms with van der Waals surface area (Å²) < 4.78 is 32.6. The van der Waals surface area contributed by atoms with Gasteiger partial charge < -0.3 is 18.6 Å². The molecule has 2 aliphatic heterocycles. The first-order chi connectivity index (χ1) is 38.5. The van der Waals surface area contributed by atoms with Gasteiger partial charge in [-0.2, -0.15) is 0 Å². The molecule has 0 aliphatic carbocycles. The zero-order chi connectivity index (χ0) is 57.2. The van der Waals surface area contributed by atoms with Crippen LogP contribution in [0.1, 0.15) is 298 Å². The van der Waals surface area contributed by atoms with E-state index in [1.807, 2.05) is 22.7 Å². The van der Waals surface area contributed by atoms with Crippen molar-refractivity contribution in [3.8, 4) is 20.9 Å². The predicted octanol–water partition coefficient (Wildman–Crippen LogP) is 23.1. The maximum Gasteiger partial charge on any atom is 0.505 e. The summed E-state index contributed by atoms with van der Waals surface area (Å²) in [4.78, 5) is 5.82. The number of fused-ring (bicyclic) bond motifs is 2. The van der Waals surface area contributed by atoms with E-state index in [0.29, 0.717) is 0 Å². The van der Waals surface area contributed by atoms with Crippen molar-refractivity contribution >= 4 is 89.3 Å². The first kappa shape index (κ1) is 66.0. The molecule has 2 unspecified atom stereocenters. The summed E-state index contributed by atoms with van der Waals surface area (Å²) in [5, 5.41) is 2.65. The van der Waals surface area contributed by atoms with Gasteiger partial charge in [-0.05, 0) is 116 Å². The molecule has 5 aromatic rings. The van der Waals surface area contributed by atoms with Gasteiger partial charge in [-0.3, -0.25) is 0 Å². The Bertz CT molecular complexity index is 2300. The van der Waals surface area contributed by atoms with Gasteiger partial charge in [-0.25, -0.2) is 0 Å². The van der Waals surface area contributed by atoms with Crippen molar-refractivity contribution in [2.24, 2.45) is 11.8 Å². The van der Waals surface area contributed by atoms with E-state index < -0.39 is 36.6 Å². The van der Waals surface area contributed by atoms with E-state index in [2.05, 4.69) is 142 Å². The summed E-state index contributed by atoms with van der Waals surface area (Å²) in [7, 11) is -0.847. The minimum Gasteiger partial charge on any atom is -0.399 e. The maximum atomic E-state index is 6.89. The summed E-state index contributed by atoms with van der Waals surface area (Å²) >= 11 is 7.92. The minimum absolute atomic E-state index is 0.424. The van der Waals surface area contributed by atoms with Gasteiger partial charge in [0.15, 0.2) is 0 Å². The first-order valence-corrected chi connectivity index (χ1v) is 36.7. The molecule has 2 fully saturated rings. The Morgan fingerprint density at radius 2 is 0.613 bits per heavy atom. The third kappa shape index (κ3) is 18.3. The minimum atomic E-state index is -0.426. The van der Waals surface area contributed by atoms with Crippen LogP contribution < -0.4 is 9.55 Å². The molecule has 2 aliphatic rings. The van der Waals surface area contributed by atoms with Crippen molar-refractivity contribution in [2.75, 3.05) is 0 Å². The second-order valence-electron chi connectivity index (χ2n) is 27.0. The van der Waals surface area contributed by atoms with Gasteiger partial charge in [0.25, 0.3) is 0 Å². The number of benzene rings is 1. The van der Waals surface area contributed by atoms with Gasteiger partial charge in [0.05, 0.1) is 22.4 Å². The molecular weight excluding hydrogens is 1050 g/mol. The van der Waals surface area contributed by atoms with Crippen molar-refractivity contribution in [3.05, 3.63) is 46.2 Å². The molecule has 80 heavy (non-hydrogen) atoms. The normalized spacial score (nSPS) is 17.5. The van der Waals surface area contributed by atoms with Crippen LogP contribution >= 0.6 is 45.3 Å². The molecule has 2 atom stereocenters. The van der Waals surface area contributed by atoms with Crippen molar-refractivity contribution in [1.29, 1.82) is 0 Å². The summed E-state index contributed by atoms with van der Waals surface area (Å²) in [6.07, 6.45) is 46.4. The highest BCUT2D eigenvalue weighted by Crippen LogP contribution is 2.51. The molecule has 2 saturated heterocycles. The van der Waals surface area contributed by atoms with E-state index in [1.165, 1.54) is 269 Å². The molecule has 0 radical (unpaired) electrons. The molecule has 10 heteroatoms. The second-order valence-corrected chi connectivity index (χ2v) is 31.5. The molecule has 7 rings (SSSR count). The molecule has 0 spiro atoms. The standard InChI is InChI=1S/C70H112B2O4S4/c1-13-17-21-25-29-31-35-39-43-53(41-37-33-27-23-19-15-3)49-55-45-47-59(77-55)63-57-51-61(71-73-67(5,6)68(7,8)74-71)80-66(57)64(58-52-62(79-65(58)63)72-75-69(9,10)70(11,12)76-72)60-48-46-56(78-60)50-54(42-38-34-28-24-20-16-4)44-40-36-32-30-26-22-18-14-2/h45-48,51-54H,13-44,49-50H2,1-12H3. The molecule has 0 N–H and O–H groups in total. The Kier molecular flexibility index (Phi) is 26.7. The average molecular weight is 1170 g/mol. The molecule has 0 bridgehead atoms. The molecule has 6 heterocycles. The van der Waals surface area contributed by atoms with Gasteiger partial charge in [-0.15, -0.1) is 45.3 Å². The van der Waals surface area contributed by atoms with Crippen molar-refractivity contribution < 1.29 is 18.6 Å². The Morgan fingerprint density at radius 3 is 0.887 bits per heavy atom. The van der Waals surface area contributed by atoms with Crippen LogP contribution in [0.15, 0.2) is 36.4 Å². The van der Waals surface area contributed by atoms with Crippen molar-refractivity contribution in [1.82, 2.24) is 0 Å². The summed E-state index contributed by atoms with van der Waals surface area (Å²) in [5.74, 6) is 1.48. The summed E-state index contributed by atoms with van der Waals surface area (Å²) in [6.45, 7) is 26.8. The van der Waals surface area contributed by atoms with Crippen LogP contribution in [0, 0.1) is 11.8 Å². The van der Waals surface area contributed by atoms with Gasteiger partial charge in [0.2, 0.25) is 0 Å². The fourth-order valence-corrected chi connectivity index (χ4v) is 17.4. The van der Waals surface area contributed by atoms with Crippen molar-refractivity contribution in [3.63, 3.8) is 0 Å². The molecule has 446 valence electrons. The van der Waals surface area contributed by atoms with E-state index in [1.54, 1.807) is 0 Å². The second kappa shape index (κ2) is 32.3. The van der Waals surface area contributed by atoms with Crippen molar-refractivity contribution in [2.45, 2.75) is 324 Å². The lowest BCUT2D eigenvalue weighted by Gasteiger charge is -2.32. The fraction of sp³-hybridized carbons (Fsp3) is 0.743. The maximum absolute atomic E-state index is 6.89. The van der Waals surface area contributed by atoms with Gasteiger partial charge in [0, 0.05) is 60.4 Å². The SMILES string of the molecule is CCCCCCCCCCC(CCCCCCCC)Cc1ccc(-c2c3cc(B4OC(C)(C)C(C)(C)O4)sc3c(-c3ccc(CC(CCCCCCCC)CCCCCCCCCC)s3)c3cc(B4OC(C)(C)C(C)(C)O4)sc23)s1. The van der Waals surface area contributed by atoms with Crippen LogP contribution in [0.5, 0.6) is 0 Å². The first-order valence-electron chi connectivity index (χ1n) is 33.4. The number of hydrogen-bond donors (Lipinski definition) is 0. The van der Waals surface area contributed by atoms with Crippen LogP contribution in [0.4, 0.5) is 0 Å². The molecule has 1 aromatic carbocycles. The Balaban J connectivity index is 1.26. The number of thiophene rings is 4. The molecule has 0 saturated carbocycles. The van der Waals surface area contributed by atoms with Crippen LogP contribution in [0.2, 0.25) is 0 Å². The third-order valence-corrected chi connectivity index (χ3v) is 23.7. The average Bonchev–Trinajstić information content (AvgIpc) is 4.42. The van der Waals surface area contributed by atoms with Gasteiger partial charge >= 0.3 is 14.2 Å². The molecule has 4 nitrogen and oxygen atoms in total. The zero-order valence-corrected chi connectivity index (χ0v) is 56.3. The summed E-state index contributed by atoms with van der Waals surface area (Å²) in [6, 6.07) is 14.9. The molecule has 0 amide bonds. The topological polar surface area (TPSA) is 36.9 Å². The highest BCUT2D eigenvalue weighted by molar-refractivity contribution is 7.31. The number of unbranched alkanes of at least 4 members (excludes halogenated alkanes) is 24. The van der Waals surface area contributed by atoms with E-state index in [-0.39, 0.29) is 0 Å². The van der Waals surface area contributed by atoms with Crippen LogP contribution in [0.25, 0.3) is 41.1 Å². The molecule has 4 aromatic heterocycles. The Labute approximate surface area is 507 Å². The lowest BCUT2D eigenvalue weighted by molar-refractivity contribution is 0.00578. The van der Waals surface area contributed by atoms with Crippen LogP contribution in [-0.4, -0.2) is 36.6 Å². The Morgan fingerprint density at radius 1 is 0.350 bits per heavy atom. The van der Waals surface area contributed by atoms with E-state index in [0.717, 1.165) is 21.4 Å². The number of rotatable bonds is 40. The van der Waals surface area contributed by atoms with Crippen LogP contribution in [0.3, 0.4) is 0 Å². The lowest BCUT2D eigenvalue weighted by Crippen LogP contribution is -2.41. The lowest BCUT2D eigenvalue weighted by atomic mass is 9.86. The fourth-order valence-electron chi connectivity index (χ4n) is 12.5. The van der Waals surface area contributed by atoms with E-state index in [9.17, 15) is 0 Å². The highest BCUT2D eigenvalue weighted by Gasteiger charge is 2.54. The van der Waals surface area contributed by atoms with E-state index >= 15 is 0 Å². The Hall–Kier alpha value is -1.49. The summed E-state index contributed by atoms with van der Waals surface area (Å²) in [5.41, 5.74) is 1.01. The third-order valence-electron chi connectivity index (χ3n) is 19.1. The smallest absolute Gasteiger partial charge is 0.399 e. The highest BCUT2D eigenvalue weighted by atomic mass is 32.1. The van der Waals surface area contributed by atoms with Gasteiger partial charge in [0.1, 0.15) is 0 Å². The zero-order valence-electron chi connectivity index (χ0n) is 53.1. The largest absolute Gasteiger partial charge is 0.505 e. The quantitative estimate of drug-likeness (QED) is 0.0289. The van der Waals surface area contributed by atoms with E-state index in [4.69, 9.17) is 18.6 Å². The van der Waals surface area contributed by atoms with Crippen LogP contribution in [-0.2, 0) is 31.5 Å². The molecular formula is C70H112B2O4S4. The predicted molar refractivity (Wildman–Crippen MR) is 360 cm³/mol. The monoisotopic (exact) mass is 1170 g/mol. The number of hydrogen-bond acceptors (Lipinski definition) is 8.